The summed E-state index contributed by atoms with van der Waals surface area (Å²) in [6, 6.07) is 0. The molecule has 6 heteroatoms. The van der Waals surface area contributed by atoms with E-state index in [9.17, 15) is 14.4 Å². The van der Waals surface area contributed by atoms with E-state index >= 15 is 0 Å². The largest absolute Gasteiger partial charge is 0.462 e. The van der Waals surface area contributed by atoms with Gasteiger partial charge in [-0.2, -0.15) is 0 Å². The van der Waals surface area contributed by atoms with Crippen molar-refractivity contribution < 1.29 is 28.6 Å². The normalized spacial score (nSPS) is 13.2. The smallest absolute Gasteiger partial charge is 0.306 e. The van der Waals surface area contributed by atoms with Crippen molar-refractivity contribution in [3.8, 4) is 0 Å². The highest BCUT2D eigenvalue weighted by molar-refractivity contribution is 5.71. The molecular formula is C73H116O6. The van der Waals surface area contributed by atoms with E-state index in [1.165, 1.54) is 44.9 Å². The number of hydrogen-bond donors (Lipinski definition) is 0. The maximum Gasteiger partial charge on any atom is 0.306 e. The zero-order valence-corrected chi connectivity index (χ0v) is 50.8. The summed E-state index contributed by atoms with van der Waals surface area (Å²) in [6.07, 6.45) is 95.2. The van der Waals surface area contributed by atoms with Crippen LogP contribution in [0.5, 0.6) is 0 Å². The van der Waals surface area contributed by atoms with Crippen molar-refractivity contribution in [2.75, 3.05) is 13.2 Å². The second-order valence-electron chi connectivity index (χ2n) is 20.5. The van der Waals surface area contributed by atoms with Crippen LogP contribution in [0.3, 0.4) is 0 Å². The molecule has 0 N–H and O–H groups in total. The third-order valence-corrected chi connectivity index (χ3v) is 13.0. The Morgan fingerprint density at radius 2 is 0.456 bits per heavy atom. The van der Waals surface area contributed by atoms with Crippen LogP contribution < -0.4 is 0 Å². The van der Waals surface area contributed by atoms with E-state index in [0.717, 1.165) is 180 Å². The summed E-state index contributed by atoms with van der Waals surface area (Å²) in [5, 5.41) is 0. The molecule has 0 saturated carbocycles. The molecule has 444 valence electrons. The Morgan fingerprint density at radius 3 is 0.709 bits per heavy atom. The highest BCUT2D eigenvalue weighted by atomic mass is 16.6. The number of ether oxygens (including phenoxy) is 3. The van der Waals surface area contributed by atoms with E-state index in [-0.39, 0.29) is 31.1 Å². The molecule has 0 radical (unpaired) electrons. The zero-order valence-electron chi connectivity index (χ0n) is 50.8. The number of hydrogen-bond acceptors (Lipinski definition) is 6. The van der Waals surface area contributed by atoms with Crippen LogP contribution in [-0.2, 0) is 28.6 Å². The van der Waals surface area contributed by atoms with Gasteiger partial charge in [-0.15, -0.1) is 0 Å². The van der Waals surface area contributed by atoms with Crippen LogP contribution in [0.15, 0.2) is 158 Å². The lowest BCUT2D eigenvalue weighted by Crippen LogP contribution is -2.30. The standard InChI is InChI=1S/C73H116O6/c1-4-7-10-13-16-19-22-25-28-30-32-34-35-36-37-39-40-42-45-48-51-54-57-60-63-66-72(75)78-69-70(68-77-71(74)65-62-59-56-53-50-47-44-27-24-21-18-15-12-9-6-3)79-73(76)67-64-61-58-55-52-49-46-43-41-38-33-31-29-26-23-20-17-14-11-8-5-2/h7-12,16-21,25-29,32-34,36-38,40,42,44,70H,4-6,13-15,22-24,30-31,35,39,41,43,45-69H2,1-3H3/b10-7-,11-8-,12-9-,19-16-,20-17-,21-18-,28-25-,29-26-,34-32-,37-36-,38-33-,42-40-,44-27-. The van der Waals surface area contributed by atoms with Gasteiger partial charge in [-0.3, -0.25) is 14.4 Å². The number of rotatable bonds is 56. The Hall–Kier alpha value is -4.97. The third kappa shape index (κ3) is 63.7. The maximum absolute atomic E-state index is 12.9. The first-order valence-electron chi connectivity index (χ1n) is 32.0. The summed E-state index contributed by atoms with van der Waals surface area (Å²) >= 11 is 0. The highest BCUT2D eigenvalue weighted by Crippen LogP contribution is 2.15. The first-order valence-corrected chi connectivity index (χ1v) is 32.0. The van der Waals surface area contributed by atoms with E-state index in [1.54, 1.807) is 0 Å². The lowest BCUT2D eigenvalue weighted by Gasteiger charge is -2.18. The van der Waals surface area contributed by atoms with Crippen LogP contribution in [-0.4, -0.2) is 37.2 Å². The maximum atomic E-state index is 12.9. The molecule has 0 aromatic heterocycles. The molecule has 0 heterocycles. The lowest BCUT2D eigenvalue weighted by molar-refractivity contribution is -0.167. The van der Waals surface area contributed by atoms with Crippen LogP contribution in [0.25, 0.3) is 0 Å². The van der Waals surface area contributed by atoms with Crippen molar-refractivity contribution in [1.29, 1.82) is 0 Å². The first kappa shape index (κ1) is 74.0. The van der Waals surface area contributed by atoms with Crippen LogP contribution in [0.2, 0.25) is 0 Å². The second-order valence-corrected chi connectivity index (χ2v) is 20.5. The molecule has 0 bridgehead atoms. The van der Waals surface area contributed by atoms with Gasteiger partial charge in [0.15, 0.2) is 6.10 Å². The molecule has 0 aliphatic heterocycles. The number of allylic oxidation sites excluding steroid dienone is 26. The van der Waals surface area contributed by atoms with Gasteiger partial charge in [0, 0.05) is 19.3 Å². The molecule has 6 nitrogen and oxygen atoms in total. The molecule has 0 rings (SSSR count). The quantitative estimate of drug-likeness (QED) is 0.0261. The predicted octanol–water partition coefficient (Wildman–Crippen LogP) is 22.1. The van der Waals surface area contributed by atoms with Gasteiger partial charge in [0.2, 0.25) is 0 Å². The second kappa shape index (κ2) is 65.5. The molecule has 0 aliphatic rings. The van der Waals surface area contributed by atoms with Gasteiger partial charge < -0.3 is 14.2 Å². The minimum atomic E-state index is -0.806. The summed E-state index contributed by atoms with van der Waals surface area (Å²) in [7, 11) is 0. The van der Waals surface area contributed by atoms with E-state index in [2.05, 4.69) is 179 Å². The van der Waals surface area contributed by atoms with Crippen molar-refractivity contribution in [2.24, 2.45) is 0 Å². The number of esters is 3. The van der Waals surface area contributed by atoms with E-state index in [1.807, 2.05) is 0 Å². The average molecular weight is 1090 g/mol. The monoisotopic (exact) mass is 1090 g/mol. The van der Waals surface area contributed by atoms with E-state index in [0.29, 0.717) is 19.3 Å². The summed E-state index contributed by atoms with van der Waals surface area (Å²) in [4.78, 5) is 38.4. The molecule has 0 spiro atoms. The minimum absolute atomic E-state index is 0.101. The van der Waals surface area contributed by atoms with Crippen molar-refractivity contribution in [2.45, 2.75) is 271 Å². The van der Waals surface area contributed by atoms with Crippen LogP contribution in [0.4, 0.5) is 0 Å². The third-order valence-electron chi connectivity index (χ3n) is 13.0. The summed E-state index contributed by atoms with van der Waals surface area (Å²) < 4.78 is 16.9. The van der Waals surface area contributed by atoms with Gasteiger partial charge in [-0.1, -0.05) is 262 Å². The number of unbranched alkanes of at least 4 members (excludes halogenated alkanes) is 19. The van der Waals surface area contributed by atoms with Crippen LogP contribution >= 0.6 is 0 Å². The number of carbonyl (C=O) groups is 3. The molecule has 1 unspecified atom stereocenters. The Bertz CT molecular complexity index is 1780. The Balaban J connectivity index is 4.46. The van der Waals surface area contributed by atoms with E-state index in [4.69, 9.17) is 14.2 Å². The highest BCUT2D eigenvalue weighted by Gasteiger charge is 2.19. The van der Waals surface area contributed by atoms with Crippen LogP contribution in [0.1, 0.15) is 265 Å². The molecule has 0 aromatic carbocycles. The van der Waals surface area contributed by atoms with Gasteiger partial charge in [-0.05, 0) is 141 Å². The van der Waals surface area contributed by atoms with Crippen molar-refractivity contribution in [3.63, 3.8) is 0 Å². The fraction of sp³-hybridized carbons (Fsp3) is 0.603. The molecule has 0 aliphatic carbocycles. The van der Waals surface area contributed by atoms with Crippen molar-refractivity contribution >= 4 is 17.9 Å². The zero-order chi connectivity index (χ0) is 57.1. The van der Waals surface area contributed by atoms with Gasteiger partial charge in [0.1, 0.15) is 13.2 Å². The summed E-state index contributed by atoms with van der Waals surface area (Å²) in [5.74, 6) is -0.942. The number of carbonyl (C=O) groups excluding carboxylic acids is 3. The Labute approximate surface area is 486 Å². The van der Waals surface area contributed by atoms with Crippen molar-refractivity contribution in [3.05, 3.63) is 158 Å². The average Bonchev–Trinajstić information content (AvgIpc) is 3.45. The molecule has 0 aromatic rings. The summed E-state index contributed by atoms with van der Waals surface area (Å²) in [5.41, 5.74) is 0. The van der Waals surface area contributed by atoms with Gasteiger partial charge in [-0.25, -0.2) is 0 Å². The van der Waals surface area contributed by atoms with Crippen LogP contribution in [0, 0.1) is 0 Å². The molecule has 0 fully saturated rings. The molecule has 0 amide bonds. The van der Waals surface area contributed by atoms with Crippen molar-refractivity contribution in [1.82, 2.24) is 0 Å². The Morgan fingerprint density at radius 1 is 0.253 bits per heavy atom. The first-order chi connectivity index (χ1) is 39.0. The lowest BCUT2D eigenvalue weighted by atomic mass is 10.1. The fourth-order valence-corrected chi connectivity index (χ4v) is 8.33. The van der Waals surface area contributed by atoms with Gasteiger partial charge in [0.05, 0.1) is 0 Å². The Kier molecular flexibility index (Phi) is 61.4. The molecule has 1 atom stereocenters. The minimum Gasteiger partial charge on any atom is -0.462 e. The molecule has 79 heavy (non-hydrogen) atoms. The van der Waals surface area contributed by atoms with Gasteiger partial charge in [0.25, 0.3) is 0 Å². The fourth-order valence-electron chi connectivity index (χ4n) is 8.33. The van der Waals surface area contributed by atoms with E-state index < -0.39 is 6.10 Å². The SMILES string of the molecule is CC/C=C\C/C=C\C/C=C\C/C=C\C/C=C\C/C=C\CCCCCCCCC(=O)OCC(COC(=O)CCCCCCC/C=C\C/C=C\C/C=C\CC)OC(=O)CCCCCCCCCC/C=C\C/C=C\C/C=C\C/C=C\CC. The molecule has 0 saturated heterocycles. The summed E-state index contributed by atoms with van der Waals surface area (Å²) in [6.45, 7) is 6.27. The van der Waals surface area contributed by atoms with Gasteiger partial charge >= 0.3 is 17.9 Å². The topological polar surface area (TPSA) is 78.9 Å². The predicted molar refractivity (Wildman–Crippen MR) is 343 cm³/mol. The molecular weight excluding hydrogens is 973 g/mol.